The van der Waals surface area contributed by atoms with Crippen LogP contribution in [0, 0.1) is 0 Å². The van der Waals surface area contributed by atoms with E-state index in [0.29, 0.717) is 6.61 Å². The van der Waals surface area contributed by atoms with Crippen LogP contribution in [0.15, 0.2) is 12.2 Å². The maximum atomic E-state index is 11.1. The molecule has 0 aliphatic heterocycles. The summed E-state index contributed by atoms with van der Waals surface area (Å²) in [6, 6.07) is 0. The lowest BCUT2D eigenvalue weighted by Gasteiger charge is -2.15. The van der Waals surface area contributed by atoms with Crippen molar-refractivity contribution in [3.63, 3.8) is 0 Å². The predicted molar refractivity (Wildman–Crippen MR) is 61.9 cm³/mol. The Kier molecular flexibility index (Phi) is 7.21. The van der Waals surface area contributed by atoms with Crippen molar-refractivity contribution in [1.29, 1.82) is 0 Å². The number of esters is 1. The molecule has 0 atom stereocenters. The fourth-order valence-electron chi connectivity index (χ4n) is 0.695. The Bertz CT molecular complexity index is 275. The molecule has 0 unspecified atom stereocenters. The van der Waals surface area contributed by atoms with Gasteiger partial charge in [-0.3, -0.25) is 4.89 Å². The van der Waals surface area contributed by atoms with E-state index in [9.17, 15) is 9.59 Å². The van der Waals surface area contributed by atoms with Crippen molar-refractivity contribution in [2.75, 3.05) is 6.61 Å². The number of carbonyl (C=O) groups excluding carboxylic acids is 2. The molecule has 0 radical (unpaired) electrons. The van der Waals surface area contributed by atoms with Crippen LogP contribution in [0.5, 0.6) is 0 Å². The average Bonchev–Trinajstić information content (AvgIpc) is 2.23. The lowest BCUT2D eigenvalue weighted by atomic mass is 10.2. The maximum Gasteiger partial charge on any atom is 0.366 e. The monoisotopic (exact) mass is 244 g/mol. The fraction of sp³-hybridized carbons (Fsp3) is 0.667. The van der Waals surface area contributed by atoms with Crippen molar-refractivity contribution in [3.8, 4) is 0 Å². The summed E-state index contributed by atoms with van der Waals surface area (Å²) in [7, 11) is 0. The van der Waals surface area contributed by atoms with Gasteiger partial charge in [0.05, 0.1) is 6.61 Å². The molecule has 0 heterocycles. The molecule has 17 heavy (non-hydrogen) atoms. The molecule has 0 N–H and O–H groups in total. The van der Waals surface area contributed by atoms with Crippen molar-refractivity contribution >= 4 is 11.9 Å². The Labute approximate surface area is 102 Å². The second-order valence-corrected chi connectivity index (χ2v) is 4.45. The lowest BCUT2D eigenvalue weighted by molar-refractivity contribution is -0.316. The van der Waals surface area contributed by atoms with Gasteiger partial charge in [-0.05, 0) is 27.2 Å². The molecule has 98 valence electrons. The zero-order chi connectivity index (χ0) is 13.3. The van der Waals surface area contributed by atoms with E-state index < -0.39 is 17.5 Å². The number of carbonyl (C=O) groups is 2. The van der Waals surface area contributed by atoms with E-state index in [-0.39, 0.29) is 0 Å². The molecule has 5 heteroatoms. The van der Waals surface area contributed by atoms with Gasteiger partial charge in [0.1, 0.15) is 5.60 Å². The van der Waals surface area contributed by atoms with Crippen molar-refractivity contribution in [2.24, 2.45) is 0 Å². The van der Waals surface area contributed by atoms with E-state index in [1.54, 1.807) is 20.8 Å². The van der Waals surface area contributed by atoms with E-state index in [4.69, 9.17) is 9.62 Å². The number of hydrogen-bond donors (Lipinski definition) is 0. The first kappa shape index (κ1) is 15.6. The highest BCUT2D eigenvalue weighted by Gasteiger charge is 2.14. The van der Waals surface area contributed by atoms with Gasteiger partial charge in [0.2, 0.25) is 0 Å². The predicted octanol–water partition coefficient (Wildman–Crippen LogP) is 2.16. The van der Waals surface area contributed by atoms with Gasteiger partial charge >= 0.3 is 11.9 Å². The zero-order valence-electron chi connectivity index (χ0n) is 10.8. The molecule has 0 spiro atoms. The molecule has 0 fully saturated rings. The Balaban J connectivity index is 3.83. The van der Waals surface area contributed by atoms with Crippen LogP contribution in [-0.4, -0.2) is 24.1 Å². The van der Waals surface area contributed by atoms with Gasteiger partial charge in [-0.1, -0.05) is 13.3 Å². The first-order valence-corrected chi connectivity index (χ1v) is 5.59. The zero-order valence-corrected chi connectivity index (χ0v) is 10.8. The normalized spacial score (nSPS) is 11.5. The fourth-order valence-corrected chi connectivity index (χ4v) is 0.695. The first-order valence-electron chi connectivity index (χ1n) is 5.59. The van der Waals surface area contributed by atoms with Gasteiger partial charge in [0, 0.05) is 12.2 Å². The van der Waals surface area contributed by atoms with E-state index in [1.165, 1.54) is 0 Å². The summed E-state index contributed by atoms with van der Waals surface area (Å²) in [6.07, 6.45) is 3.74. The summed E-state index contributed by atoms with van der Waals surface area (Å²) >= 11 is 0. The number of ether oxygens (including phenoxy) is 1. The molecule has 0 aliphatic carbocycles. The Morgan fingerprint density at radius 3 is 2.24 bits per heavy atom. The van der Waals surface area contributed by atoms with Crippen LogP contribution < -0.4 is 0 Å². The Hall–Kier alpha value is -1.36. The van der Waals surface area contributed by atoms with Gasteiger partial charge < -0.3 is 4.74 Å². The molecule has 0 bridgehead atoms. The molecule has 5 nitrogen and oxygen atoms in total. The molecular weight excluding hydrogens is 224 g/mol. The summed E-state index contributed by atoms with van der Waals surface area (Å²) in [5.41, 5.74) is -0.578. The van der Waals surface area contributed by atoms with Gasteiger partial charge in [-0.25, -0.2) is 9.59 Å². The molecule has 0 amide bonds. The van der Waals surface area contributed by atoms with Crippen LogP contribution in [0.4, 0.5) is 0 Å². The van der Waals surface area contributed by atoms with Crippen molar-refractivity contribution in [3.05, 3.63) is 12.2 Å². The Morgan fingerprint density at radius 2 is 1.71 bits per heavy atom. The van der Waals surface area contributed by atoms with Crippen LogP contribution in [0.1, 0.15) is 40.5 Å². The molecule has 0 saturated carbocycles. The van der Waals surface area contributed by atoms with Crippen molar-refractivity contribution in [2.45, 2.75) is 46.1 Å². The quantitative estimate of drug-likeness (QED) is 0.235. The number of rotatable bonds is 6. The van der Waals surface area contributed by atoms with Crippen molar-refractivity contribution < 1.29 is 24.1 Å². The number of unbranched alkanes of at least 4 members (excludes halogenated alkanes) is 1. The molecule has 0 aromatic carbocycles. The molecule has 0 saturated heterocycles. The van der Waals surface area contributed by atoms with Gasteiger partial charge in [-0.15, -0.1) is 0 Å². The van der Waals surface area contributed by atoms with E-state index in [0.717, 1.165) is 25.0 Å². The maximum absolute atomic E-state index is 11.1. The van der Waals surface area contributed by atoms with Crippen LogP contribution >= 0.6 is 0 Å². The summed E-state index contributed by atoms with van der Waals surface area (Å²) in [5, 5.41) is 0. The van der Waals surface area contributed by atoms with Crippen LogP contribution in [-0.2, 0) is 24.1 Å². The SMILES string of the molecule is CCCCOC(=O)/C=C/C(=O)OOC(C)(C)C. The van der Waals surface area contributed by atoms with E-state index >= 15 is 0 Å². The third-order valence-corrected chi connectivity index (χ3v) is 1.47. The highest BCUT2D eigenvalue weighted by atomic mass is 17.2. The lowest BCUT2D eigenvalue weighted by Crippen LogP contribution is -2.21. The topological polar surface area (TPSA) is 61.8 Å². The smallest absolute Gasteiger partial charge is 0.366 e. The molecule has 0 rings (SSSR count). The molecule has 0 aromatic rings. The summed E-state index contributed by atoms with van der Waals surface area (Å²) in [5.74, 6) is -1.31. The van der Waals surface area contributed by atoms with Gasteiger partial charge in [-0.2, -0.15) is 4.89 Å². The summed E-state index contributed by atoms with van der Waals surface area (Å²) < 4.78 is 4.80. The minimum absolute atomic E-state index is 0.354. The second-order valence-electron chi connectivity index (χ2n) is 4.45. The van der Waals surface area contributed by atoms with Crippen LogP contribution in [0.2, 0.25) is 0 Å². The minimum Gasteiger partial charge on any atom is -0.463 e. The van der Waals surface area contributed by atoms with Crippen LogP contribution in [0.3, 0.4) is 0 Å². The average molecular weight is 244 g/mol. The highest BCUT2D eigenvalue weighted by Crippen LogP contribution is 2.07. The molecule has 0 aliphatic rings. The van der Waals surface area contributed by atoms with E-state index in [1.807, 2.05) is 6.92 Å². The second kappa shape index (κ2) is 7.84. The van der Waals surface area contributed by atoms with Crippen molar-refractivity contribution in [1.82, 2.24) is 0 Å². The largest absolute Gasteiger partial charge is 0.463 e. The van der Waals surface area contributed by atoms with Gasteiger partial charge in [0.25, 0.3) is 0 Å². The summed E-state index contributed by atoms with van der Waals surface area (Å²) in [6.45, 7) is 7.56. The van der Waals surface area contributed by atoms with E-state index in [2.05, 4.69) is 4.89 Å². The van der Waals surface area contributed by atoms with Crippen LogP contribution in [0.25, 0.3) is 0 Å². The number of hydrogen-bond acceptors (Lipinski definition) is 5. The first-order chi connectivity index (χ1) is 7.85. The Morgan fingerprint density at radius 1 is 1.12 bits per heavy atom. The third-order valence-electron chi connectivity index (χ3n) is 1.47. The summed E-state index contributed by atoms with van der Waals surface area (Å²) in [4.78, 5) is 31.4. The molecule has 0 aromatic heterocycles. The minimum atomic E-state index is -0.743. The highest BCUT2D eigenvalue weighted by molar-refractivity contribution is 5.91. The standard InChI is InChI=1S/C12H20O5/c1-5-6-9-15-10(13)7-8-11(14)16-17-12(2,3)4/h7-8H,5-6,9H2,1-4H3/b8-7+. The molecular formula is C12H20O5. The third kappa shape index (κ3) is 10.9. The van der Waals surface area contributed by atoms with Gasteiger partial charge in [0.15, 0.2) is 0 Å².